The van der Waals surface area contributed by atoms with Gasteiger partial charge < -0.3 is 0 Å². The Morgan fingerprint density at radius 1 is 0.426 bits per heavy atom. The number of rotatable bonds is 7. The van der Waals surface area contributed by atoms with Crippen molar-refractivity contribution >= 4 is 71.8 Å². The van der Waals surface area contributed by atoms with E-state index in [0.717, 1.165) is 28.1 Å². The van der Waals surface area contributed by atoms with Crippen LogP contribution in [0.15, 0.2) is 170 Å². The monoisotopic (exact) mass is 687 g/mol. The molecular formula is C46H38B5N3. The second-order valence-electron chi connectivity index (χ2n) is 15.9. The molecule has 54 heavy (non-hydrogen) atoms. The molecule has 0 bridgehead atoms. The van der Waals surface area contributed by atoms with Gasteiger partial charge in [-0.15, -0.1) is 5.11 Å². The maximum absolute atomic E-state index is 5.29. The minimum atomic E-state index is -0.198. The van der Waals surface area contributed by atoms with Crippen molar-refractivity contribution in [3.05, 3.63) is 176 Å². The number of hydrogen-bond acceptors (Lipinski definition) is 2. The van der Waals surface area contributed by atoms with E-state index in [0.29, 0.717) is 0 Å². The van der Waals surface area contributed by atoms with Crippen LogP contribution in [0.1, 0.15) is 5.82 Å². The molecule has 0 aliphatic carbocycles. The highest BCUT2D eigenvalue weighted by Gasteiger charge is 2.38. The summed E-state index contributed by atoms with van der Waals surface area (Å²) in [5.41, 5.74) is 12.9. The van der Waals surface area contributed by atoms with E-state index in [2.05, 4.69) is 207 Å². The Kier molecular flexibility index (Phi) is 8.23. The van der Waals surface area contributed by atoms with E-state index in [9.17, 15) is 0 Å². The van der Waals surface area contributed by atoms with Crippen molar-refractivity contribution in [1.82, 2.24) is 14.5 Å². The number of imidazole rings is 1. The second-order valence-corrected chi connectivity index (χ2v) is 15.9. The van der Waals surface area contributed by atoms with Gasteiger partial charge in [-0.05, 0) is 96.0 Å². The molecule has 2 heterocycles. The SMILES string of the molecule is BC(B)(B)C(B)(B)c1nc2ccccc2n1-c1ccccc1-c1ccc(-c2c3ccccc3c(-c3ccccc3-c3ccncc3)c3ccccc23)cc1. The van der Waals surface area contributed by atoms with Crippen LogP contribution in [0.3, 0.4) is 0 Å². The molecule has 0 saturated heterocycles. The summed E-state index contributed by atoms with van der Waals surface area (Å²) in [5, 5.41) is 4.75. The molecule has 0 spiro atoms. The van der Waals surface area contributed by atoms with Crippen molar-refractivity contribution in [2.45, 2.75) is 10.3 Å². The van der Waals surface area contributed by atoms with Crippen molar-refractivity contribution in [3.63, 3.8) is 0 Å². The summed E-state index contributed by atoms with van der Waals surface area (Å²) >= 11 is 0. The normalized spacial score (nSPS) is 12.1. The van der Waals surface area contributed by atoms with Gasteiger partial charge in [0.25, 0.3) is 0 Å². The predicted octanol–water partition coefficient (Wildman–Crippen LogP) is 6.79. The number of aromatic nitrogens is 3. The van der Waals surface area contributed by atoms with Crippen LogP contribution < -0.4 is 0 Å². The van der Waals surface area contributed by atoms with Gasteiger partial charge >= 0.3 is 0 Å². The molecule has 0 amide bonds. The zero-order chi connectivity index (χ0) is 37.0. The van der Waals surface area contributed by atoms with Gasteiger partial charge in [-0.3, -0.25) is 9.55 Å². The summed E-state index contributed by atoms with van der Waals surface area (Å²) < 4.78 is 2.40. The molecule has 8 heteroatoms. The summed E-state index contributed by atoms with van der Waals surface area (Å²) in [4.78, 5) is 9.58. The highest BCUT2D eigenvalue weighted by atomic mass is 15.1. The largest absolute Gasteiger partial charge is 0.296 e. The molecule has 7 aromatic carbocycles. The van der Waals surface area contributed by atoms with E-state index < -0.39 is 0 Å². The Bertz CT molecular complexity index is 2780. The number of benzene rings is 7. The molecular weight excluding hydrogens is 649 g/mol. The first-order valence-electron chi connectivity index (χ1n) is 18.8. The molecule has 0 radical (unpaired) electrons. The van der Waals surface area contributed by atoms with Crippen LogP contribution in [0, 0.1) is 0 Å². The van der Waals surface area contributed by atoms with E-state index in [4.69, 9.17) is 4.98 Å². The molecule has 0 aliphatic rings. The molecule has 0 aliphatic heterocycles. The molecule has 9 rings (SSSR count). The van der Waals surface area contributed by atoms with Crippen molar-refractivity contribution in [3.8, 4) is 50.2 Å². The Hall–Kier alpha value is -6.00. The summed E-state index contributed by atoms with van der Waals surface area (Å²) in [6, 6.07) is 57.2. The third-order valence-electron chi connectivity index (χ3n) is 11.7. The van der Waals surface area contributed by atoms with Crippen molar-refractivity contribution < 1.29 is 0 Å². The first kappa shape index (κ1) is 33.8. The molecule has 9 aromatic rings. The Morgan fingerprint density at radius 3 is 1.54 bits per heavy atom. The van der Waals surface area contributed by atoms with Gasteiger partial charge in [0.15, 0.2) is 0 Å². The fourth-order valence-corrected chi connectivity index (χ4v) is 7.97. The van der Waals surface area contributed by atoms with Crippen LogP contribution in [-0.4, -0.2) is 53.8 Å². The number of pyridine rings is 1. The summed E-state index contributed by atoms with van der Waals surface area (Å²) in [7, 11) is 11.6. The lowest BCUT2D eigenvalue weighted by Gasteiger charge is -2.39. The van der Waals surface area contributed by atoms with Crippen LogP contribution in [0.25, 0.3) is 82.8 Å². The summed E-state index contributed by atoms with van der Waals surface area (Å²) in [6.45, 7) is 0. The van der Waals surface area contributed by atoms with Crippen LogP contribution in [-0.2, 0) is 5.21 Å². The highest BCUT2D eigenvalue weighted by molar-refractivity contribution is 6.67. The molecule has 0 atom stereocenters. The van der Waals surface area contributed by atoms with Crippen molar-refractivity contribution in [2.75, 3.05) is 0 Å². The molecule has 0 fully saturated rings. The average molecular weight is 687 g/mol. The van der Waals surface area contributed by atoms with Crippen molar-refractivity contribution in [2.24, 2.45) is 0 Å². The van der Waals surface area contributed by atoms with E-state index in [1.54, 1.807) is 0 Å². The lowest BCUT2D eigenvalue weighted by atomic mass is 9.23. The Labute approximate surface area is 321 Å². The zero-order valence-electron chi connectivity index (χ0n) is 31.5. The maximum atomic E-state index is 5.29. The summed E-state index contributed by atoms with van der Waals surface area (Å²) in [5.74, 6) is 1.07. The van der Waals surface area contributed by atoms with Gasteiger partial charge in [0.05, 0.1) is 40.3 Å². The number of hydrogen-bond donors (Lipinski definition) is 0. The fraction of sp³-hybridized carbons (Fsp3) is 0.0435. The van der Waals surface area contributed by atoms with Crippen molar-refractivity contribution in [1.29, 1.82) is 0 Å². The lowest BCUT2D eigenvalue weighted by molar-refractivity contribution is 0.757. The molecule has 0 N–H and O–H groups in total. The fourth-order valence-electron chi connectivity index (χ4n) is 7.97. The van der Waals surface area contributed by atoms with Gasteiger partial charge in [-0.1, -0.05) is 127 Å². The lowest BCUT2D eigenvalue weighted by Crippen LogP contribution is -2.45. The van der Waals surface area contributed by atoms with E-state index in [1.165, 1.54) is 60.5 Å². The summed E-state index contributed by atoms with van der Waals surface area (Å²) in [6.07, 6.45) is 3.74. The average Bonchev–Trinajstić information content (AvgIpc) is 3.60. The van der Waals surface area contributed by atoms with E-state index >= 15 is 0 Å². The smallest absolute Gasteiger partial charge is 0.106 e. The van der Waals surface area contributed by atoms with Crippen LogP contribution >= 0.6 is 0 Å². The standard InChI is InChI=1S/C46H38B5N3/c47-45(48,46(49,50)51)44-53-39-18-8-10-20-41(39)54(44)40-19-9-7-12-33(40)29-21-23-31(24-22-29)42-35-14-3-5-16-37(35)43(38-17-6-4-15-36(38)42)34-13-2-1-11-32(34)30-25-27-52-28-26-30/h1-28H,47-51H2. The zero-order valence-corrected chi connectivity index (χ0v) is 31.5. The van der Waals surface area contributed by atoms with Gasteiger partial charge in [0.2, 0.25) is 0 Å². The molecule has 3 nitrogen and oxygen atoms in total. The topological polar surface area (TPSA) is 30.7 Å². The van der Waals surface area contributed by atoms with Gasteiger partial charge in [0.1, 0.15) is 21.5 Å². The molecule has 0 saturated carbocycles. The quantitative estimate of drug-likeness (QED) is 0.137. The number of fused-ring (bicyclic) bond motifs is 3. The van der Waals surface area contributed by atoms with Gasteiger partial charge in [0, 0.05) is 18.0 Å². The molecule has 252 valence electrons. The van der Waals surface area contributed by atoms with E-state index in [-0.39, 0.29) is 10.3 Å². The predicted molar refractivity (Wildman–Crippen MR) is 243 cm³/mol. The first-order valence-corrected chi connectivity index (χ1v) is 18.8. The first-order chi connectivity index (χ1) is 26.2. The third-order valence-corrected chi connectivity index (χ3v) is 11.7. The highest BCUT2D eigenvalue weighted by Crippen LogP contribution is 2.46. The second kappa shape index (κ2) is 13.1. The number of para-hydroxylation sites is 3. The van der Waals surface area contributed by atoms with E-state index in [1.807, 2.05) is 12.4 Å². The van der Waals surface area contributed by atoms with Crippen LogP contribution in [0.2, 0.25) is 5.11 Å². The van der Waals surface area contributed by atoms with Gasteiger partial charge in [-0.2, -0.15) is 0 Å². The minimum absolute atomic E-state index is 0.00901. The Morgan fingerprint density at radius 2 is 0.907 bits per heavy atom. The van der Waals surface area contributed by atoms with Crippen LogP contribution in [0.4, 0.5) is 0 Å². The minimum Gasteiger partial charge on any atom is -0.296 e. The van der Waals surface area contributed by atoms with Crippen LogP contribution in [0.5, 0.6) is 0 Å². The number of nitrogens with zero attached hydrogens (tertiary/aromatic N) is 3. The molecule has 0 unspecified atom stereocenters. The Balaban J connectivity index is 1.22. The third kappa shape index (κ3) is 5.51. The van der Waals surface area contributed by atoms with Gasteiger partial charge in [-0.25, -0.2) is 4.98 Å². The molecule has 2 aromatic heterocycles. The maximum Gasteiger partial charge on any atom is 0.106 e.